The normalized spacial score (nSPS) is 11.2. The lowest BCUT2D eigenvalue weighted by Crippen LogP contribution is -2.33. The van der Waals surface area contributed by atoms with Gasteiger partial charge in [0.15, 0.2) is 0 Å². The molecular formula is C23H17N5O4. The van der Waals surface area contributed by atoms with Crippen molar-refractivity contribution < 1.29 is 9.53 Å². The first-order chi connectivity index (χ1) is 15.5. The minimum Gasteiger partial charge on any atom is -0.457 e. The van der Waals surface area contributed by atoms with E-state index in [0.29, 0.717) is 11.2 Å². The molecule has 9 nitrogen and oxygen atoms in total. The third kappa shape index (κ3) is 3.35. The monoisotopic (exact) mass is 427 g/mol. The van der Waals surface area contributed by atoms with E-state index in [1.807, 2.05) is 12.1 Å². The zero-order valence-electron chi connectivity index (χ0n) is 17.0. The molecule has 9 heteroatoms. The predicted molar refractivity (Wildman–Crippen MR) is 118 cm³/mol. The molecule has 0 radical (unpaired) electrons. The summed E-state index contributed by atoms with van der Waals surface area (Å²) in [7, 11) is 1.80. The van der Waals surface area contributed by atoms with Gasteiger partial charge in [0, 0.05) is 7.05 Å². The van der Waals surface area contributed by atoms with Crippen LogP contribution in [0.2, 0.25) is 0 Å². The summed E-state index contributed by atoms with van der Waals surface area (Å²) in [5.41, 5.74) is 2.26. The third-order valence-electron chi connectivity index (χ3n) is 5.19. The smallest absolute Gasteiger partial charge is 0.338 e. The number of hydrogen-bond acceptors (Lipinski definition) is 6. The fourth-order valence-electron chi connectivity index (χ4n) is 3.56. The molecule has 0 aliphatic heterocycles. The minimum atomic E-state index is -0.587. The number of nitrogens with one attached hydrogen (secondary N) is 1. The Bertz CT molecular complexity index is 1600. The Morgan fingerprint density at radius 1 is 1.03 bits per heavy atom. The van der Waals surface area contributed by atoms with Gasteiger partial charge in [-0.3, -0.25) is 4.79 Å². The molecule has 0 spiro atoms. The van der Waals surface area contributed by atoms with Crippen molar-refractivity contribution >= 4 is 27.9 Å². The van der Waals surface area contributed by atoms with Gasteiger partial charge in [-0.05, 0) is 48.0 Å². The van der Waals surface area contributed by atoms with Gasteiger partial charge < -0.3 is 9.72 Å². The number of aryl methyl sites for hydroxylation is 1. The molecule has 0 aliphatic carbocycles. The summed E-state index contributed by atoms with van der Waals surface area (Å²) in [6.07, 6.45) is 0. The van der Waals surface area contributed by atoms with Crippen molar-refractivity contribution in [2.45, 2.75) is 6.61 Å². The van der Waals surface area contributed by atoms with Crippen LogP contribution in [0.5, 0.6) is 0 Å². The Labute approximate surface area is 180 Å². The lowest BCUT2D eigenvalue weighted by atomic mass is 10.1. The molecule has 0 atom stereocenters. The van der Waals surface area contributed by atoms with Crippen molar-refractivity contribution in [3.63, 3.8) is 0 Å². The van der Waals surface area contributed by atoms with Crippen LogP contribution in [0.15, 0.2) is 76.3 Å². The molecule has 1 N–H and O–H groups in total. The van der Waals surface area contributed by atoms with Gasteiger partial charge in [0.2, 0.25) is 0 Å². The van der Waals surface area contributed by atoms with Gasteiger partial charge in [-0.2, -0.15) is 0 Å². The van der Waals surface area contributed by atoms with Gasteiger partial charge in [0.25, 0.3) is 5.56 Å². The van der Waals surface area contributed by atoms with Gasteiger partial charge in [-0.1, -0.05) is 29.5 Å². The number of ether oxygens (including phenoxy) is 1. The van der Waals surface area contributed by atoms with E-state index in [0.717, 1.165) is 15.6 Å². The molecule has 0 unspecified atom stereocenters. The SMILES string of the molecule is Cn1nnc2cc(COC(=O)c3ccc4c(=O)n(-c5ccccc5)c(=O)[nH]c4c3)ccc21. The van der Waals surface area contributed by atoms with E-state index in [2.05, 4.69) is 15.3 Å². The second kappa shape index (κ2) is 7.62. The average molecular weight is 427 g/mol. The number of nitrogens with zero attached hydrogens (tertiary/aromatic N) is 4. The number of esters is 1. The molecule has 5 rings (SSSR count). The molecule has 158 valence electrons. The van der Waals surface area contributed by atoms with Crippen molar-refractivity contribution in [1.82, 2.24) is 24.5 Å². The lowest BCUT2D eigenvalue weighted by molar-refractivity contribution is 0.0473. The second-order valence-corrected chi connectivity index (χ2v) is 7.28. The molecule has 3 aromatic carbocycles. The number of benzene rings is 3. The van der Waals surface area contributed by atoms with Crippen molar-refractivity contribution in [2.75, 3.05) is 0 Å². The topological polar surface area (TPSA) is 112 Å². The number of aromatic amines is 1. The number of aromatic nitrogens is 5. The van der Waals surface area contributed by atoms with Gasteiger partial charge in [-0.25, -0.2) is 18.8 Å². The lowest BCUT2D eigenvalue weighted by Gasteiger charge is -2.08. The summed E-state index contributed by atoms with van der Waals surface area (Å²) in [6, 6.07) is 18.6. The van der Waals surface area contributed by atoms with Crippen LogP contribution in [0.3, 0.4) is 0 Å². The summed E-state index contributed by atoms with van der Waals surface area (Å²) < 4.78 is 8.12. The summed E-state index contributed by atoms with van der Waals surface area (Å²) in [6.45, 7) is 0.0511. The van der Waals surface area contributed by atoms with Crippen LogP contribution in [0.4, 0.5) is 0 Å². The first-order valence-corrected chi connectivity index (χ1v) is 9.81. The maximum absolute atomic E-state index is 12.9. The van der Waals surface area contributed by atoms with Crippen molar-refractivity contribution in [3.8, 4) is 5.69 Å². The molecule has 5 aromatic rings. The predicted octanol–water partition coefficient (Wildman–Crippen LogP) is 2.32. The number of H-pyrrole nitrogens is 1. The quantitative estimate of drug-likeness (QED) is 0.441. The van der Waals surface area contributed by atoms with Gasteiger partial charge in [0.05, 0.1) is 27.7 Å². The van der Waals surface area contributed by atoms with Gasteiger partial charge in [0.1, 0.15) is 12.1 Å². The summed E-state index contributed by atoms with van der Waals surface area (Å²) in [5, 5.41) is 8.29. The molecule has 2 heterocycles. The molecule has 0 fully saturated rings. The highest BCUT2D eigenvalue weighted by Gasteiger charge is 2.14. The highest BCUT2D eigenvalue weighted by Crippen LogP contribution is 2.15. The maximum Gasteiger partial charge on any atom is 0.338 e. The highest BCUT2D eigenvalue weighted by molar-refractivity contribution is 5.94. The average Bonchev–Trinajstić information content (AvgIpc) is 3.18. The largest absolute Gasteiger partial charge is 0.457 e. The Kier molecular flexibility index (Phi) is 4.63. The van der Waals surface area contributed by atoms with Gasteiger partial charge >= 0.3 is 11.7 Å². The first-order valence-electron chi connectivity index (χ1n) is 9.81. The summed E-state index contributed by atoms with van der Waals surface area (Å²) in [4.78, 5) is 40.6. The van der Waals surface area contributed by atoms with Crippen LogP contribution in [0, 0.1) is 0 Å². The van der Waals surface area contributed by atoms with Crippen molar-refractivity contribution in [3.05, 3.63) is 98.7 Å². The number of hydrogen-bond donors (Lipinski definition) is 1. The van der Waals surface area contributed by atoms with E-state index in [1.54, 1.807) is 48.1 Å². The zero-order valence-corrected chi connectivity index (χ0v) is 17.0. The maximum atomic E-state index is 12.9. The summed E-state index contributed by atoms with van der Waals surface area (Å²) >= 11 is 0. The Morgan fingerprint density at radius 3 is 2.66 bits per heavy atom. The number of carbonyl (C=O) groups excluding carboxylic acids is 1. The number of carbonyl (C=O) groups is 1. The minimum absolute atomic E-state index is 0.0511. The molecule has 0 saturated carbocycles. The molecule has 32 heavy (non-hydrogen) atoms. The van der Waals surface area contributed by atoms with Crippen LogP contribution in [-0.2, 0) is 18.4 Å². The molecule has 0 aliphatic rings. The van der Waals surface area contributed by atoms with Crippen LogP contribution in [-0.4, -0.2) is 30.5 Å². The molecular weight excluding hydrogens is 410 g/mol. The Morgan fingerprint density at radius 2 is 1.84 bits per heavy atom. The van der Waals surface area contributed by atoms with E-state index in [4.69, 9.17) is 4.74 Å². The number of para-hydroxylation sites is 1. The molecule has 0 amide bonds. The first kappa shape index (κ1) is 19.4. The number of rotatable bonds is 4. The molecule has 2 aromatic heterocycles. The van der Waals surface area contributed by atoms with E-state index in [1.165, 1.54) is 18.2 Å². The van der Waals surface area contributed by atoms with E-state index >= 15 is 0 Å². The highest BCUT2D eigenvalue weighted by atomic mass is 16.5. The van der Waals surface area contributed by atoms with Crippen LogP contribution < -0.4 is 11.2 Å². The zero-order chi connectivity index (χ0) is 22.2. The Balaban J connectivity index is 1.42. The van der Waals surface area contributed by atoms with Crippen molar-refractivity contribution in [2.24, 2.45) is 7.05 Å². The fraction of sp³-hybridized carbons (Fsp3) is 0.0870. The fourth-order valence-corrected chi connectivity index (χ4v) is 3.56. The van der Waals surface area contributed by atoms with Crippen LogP contribution in [0.25, 0.3) is 27.6 Å². The third-order valence-corrected chi connectivity index (χ3v) is 5.19. The number of fused-ring (bicyclic) bond motifs is 2. The molecule has 0 saturated heterocycles. The standard InChI is InChI=1S/C23H17N5O4/c1-27-20-10-7-14(11-19(20)25-26-27)13-32-22(30)15-8-9-17-18(12-15)24-23(31)28(21(17)29)16-5-3-2-4-6-16/h2-12H,13H2,1H3,(H,24,31). The summed E-state index contributed by atoms with van der Waals surface area (Å²) in [5.74, 6) is -0.570. The second-order valence-electron chi connectivity index (χ2n) is 7.28. The van der Waals surface area contributed by atoms with Crippen LogP contribution in [0.1, 0.15) is 15.9 Å². The van der Waals surface area contributed by atoms with E-state index < -0.39 is 17.2 Å². The van der Waals surface area contributed by atoms with E-state index in [-0.39, 0.29) is 23.1 Å². The van der Waals surface area contributed by atoms with E-state index in [9.17, 15) is 14.4 Å². The Hall–Kier alpha value is -4.53. The van der Waals surface area contributed by atoms with Crippen molar-refractivity contribution in [1.29, 1.82) is 0 Å². The molecule has 0 bridgehead atoms. The van der Waals surface area contributed by atoms with Gasteiger partial charge in [-0.15, -0.1) is 5.10 Å². The van der Waals surface area contributed by atoms with Crippen LogP contribution >= 0.6 is 0 Å².